The molecule has 17 heavy (non-hydrogen) atoms. The molecule has 2 N–H and O–H groups in total. The number of hydrogen-bond acceptors (Lipinski definition) is 4. The molecule has 0 aromatic heterocycles. The van der Waals surface area contributed by atoms with Gasteiger partial charge in [0.25, 0.3) is 0 Å². The summed E-state index contributed by atoms with van der Waals surface area (Å²) >= 11 is 0. The largest absolute Gasteiger partial charge is 0.481 e. The first kappa shape index (κ1) is 14.4. The molecule has 1 aliphatic rings. The van der Waals surface area contributed by atoms with Crippen molar-refractivity contribution in [3.63, 3.8) is 0 Å². The third-order valence-electron chi connectivity index (χ3n) is 2.94. The van der Waals surface area contributed by atoms with E-state index in [0.717, 1.165) is 45.9 Å². The van der Waals surface area contributed by atoms with Crippen LogP contribution in [0.1, 0.15) is 20.3 Å². The van der Waals surface area contributed by atoms with E-state index in [2.05, 4.69) is 10.2 Å². The maximum Gasteiger partial charge on any atom is 0.303 e. The molecule has 1 fully saturated rings. The molecule has 1 aliphatic heterocycles. The van der Waals surface area contributed by atoms with E-state index in [1.54, 1.807) is 0 Å². The summed E-state index contributed by atoms with van der Waals surface area (Å²) in [5.41, 5.74) is -0.184. The summed E-state index contributed by atoms with van der Waals surface area (Å²) in [7, 11) is 0. The van der Waals surface area contributed by atoms with Crippen LogP contribution >= 0.6 is 0 Å². The molecule has 0 aromatic rings. The number of rotatable bonds is 7. The Hall–Kier alpha value is -0.650. The molecule has 0 unspecified atom stereocenters. The second kappa shape index (κ2) is 6.93. The Morgan fingerprint density at radius 2 is 2.06 bits per heavy atom. The Morgan fingerprint density at radius 3 is 2.65 bits per heavy atom. The van der Waals surface area contributed by atoms with E-state index in [4.69, 9.17) is 9.84 Å². The van der Waals surface area contributed by atoms with Crippen molar-refractivity contribution >= 4 is 5.97 Å². The number of carbonyl (C=O) groups is 1. The number of nitrogens with zero attached hydrogens (tertiary/aromatic N) is 1. The molecule has 1 rings (SSSR count). The van der Waals surface area contributed by atoms with Crippen molar-refractivity contribution in [2.75, 3.05) is 45.9 Å². The first-order valence-electron chi connectivity index (χ1n) is 6.22. The average Bonchev–Trinajstić information content (AvgIpc) is 2.24. The van der Waals surface area contributed by atoms with Gasteiger partial charge in [-0.3, -0.25) is 9.69 Å². The van der Waals surface area contributed by atoms with Crippen LogP contribution in [0.2, 0.25) is 0 Å². The molecule has 100 valence electrons. The van der Waals surface area contributed by atoms with Gasteiger partial charge in [0.2, 0.25) is 0 Å². The van der Waals surface area contributed by atoms with E-state index in [1.807, 2.05) is 13.8 Å². The van der Waals surface area contributed by atoms with E-state index >= 15 is 0 Å². The van der Waals surface area contributed by atoms with Crippen LogP contribution in [-0.4, -0.2) is 61.9 Å². The maximum absolute atomic E-state index is 10.6. The van der Waals surface area contributed by atoms with Gasteiger partial charge >= 0.3 is 5.97 Å². The van der Waals surface area contributed by atoms with Gasteiger partial charge in [0.15, 0.2) is 0 Å². The van der Waals surface area contributed by atoms with Gasteiger partial charge in [-0.2, -0.15) is 0 Å². The molecule has 0 bridgehead atoms. The lowest BCUT2D eigenvalue weighted by molar-refractivity contribution is -0.139. The molecule has 5 nitrogen and oxygen atoms in total. The number of aliphatic carboxylic acids is 1. The minimum atomic E-state index is -0.732. The van der Waals surface area contributed by atoms with Crippen molar-refractivity contribution in [3.05, 3.63) is 0 Å². The third kappa shape index (κ3) is 6.61. The summed E-state index contributed by atoms with van der Waals surface area (Å²) in [6.07, 6.45) is 0.206. The van der Waals surface area contributed by atoms with E-state index in [1.165, 1.54) is 0 Å². The zero-order valence-corrected chi connectivity index (χ0v) is 10.9. The minimum Gasteiger partial charge on any atom is -0.481 e. The summed E-state index contributed by atoms with van der Waals surface area (Å²) in [5, 5.41) is 12.1. The molecule has 0 aliphatic carbocycles. The van der Waals surface area contributed by atoms with Gasteiger partial charge < -0.3 is 15.2 Å². The minimum absolute atomic E-state index is 0.184. The highest BCUT2D eigenvalue weighted by Gasteiger charge is 2.21. The highest BCUT2D eigenvalue weighted by molar-refractivity contribution is 5.67. The van der Waals surface area contributed by atoms with E-state index in [0.29, 0.717) is 0 Å². The maximum atomic E-state index is 10.6. The van der Waals surface area contributed by atoms with Gasteiger partial charge in [-0.05, 0) is 5.41 Å². The van der Waals surface area contributed by atoms with Crippen LogP contribution in [0.15, 0.2) is 0 Å². The molecule has 0 saturated carbocycles. The lowest BCUT2D eigenvalue weighted by Gasteiger charge is -2.28. The first-order valence-corrected chi connectivity index (χ1v) is 6.22. The van der Waals surface area contributed by atoms with Crippen LogP contribution in [0.3, 0.4) is 0 Å². The lowest BCUT2D eigenvalue weighted by atomic mass is 9.89. The van der Waals surface area contributed by atoms with Gasteiger partial charge in [0, 0.05) is 32.7 Å². The summed E-state index contributed by atoms with van der Waals surface area (Å²) < 4.78 is 5.28. The van der Waals surface area contributed by atoms with Crippen LogP contribution < -0.4 is 5.32 Å². The summed E-state index contributed by atoms with van der Waals surface area (Å²) in [6, 6.07) is 0. The molecule has 1 saturated heterocycles. The molecule has 0 radical (unpaired) electrons. The van der Waals surface area contributed by atoms with Crippen molar-refractivity contribution < 1.29 is 14.6 Å². The topological polar surface area (TPSA) is 61.8 Å². The van der Waals surface area contributed by atoms with Gasteiger partial charge in [-0.25, -0.2) is 0 Å². The van der Waals surface area contributed by atoms with E-state index in [9.17, 15) is 4.79 Å². The van der Waals surface area contributed by atoms with Gasteiger partial charge in [0.1, 0.15) is 0 Å². The number of morpholine rings is 1. The molecule has 0 atom stereocenters. The highest BCUT2D eigenvalue weighted by Crippen LogP contribution is 2.18. The quantitative estimate of drug-likeness (QED) is 0.635. The third-order valence-corrected chi connectivity index (χ3v) is 2.94. The molecule has 5 heteroatoms. The Balaban J connectivity index is 2.08. The molecular weight excluding hydrogens is 220 g/mol. The molecule has 0 spiro atoms. The SMILES string of the molecule is CC(C)(CNCCN1CCOCC1)CC(=O)O. The van der Waals surface area contributed by atoms with E-state index < -0.39 is 5.97 Å². The summed E-state index contributed by atoms with van der Waals surface area (Å²) in [6.45, 7) is 10.3. The standard InChI is InChI=1S/C12H24N2O3/c1-12(2,9-11(15)16)10-13-3-4-14-5-7-17-8-6-14/h13H,3-10H2,1-2H3,(H,15,16). The molecule has 1 heterocycles. The fourth-order valence-corrected chi connectivity index (χ4v) is 1.96. The number of nitrogens with one attached hydrogen (secondary N) is 1. The fraction of sp³-hybridized carbons (Fsp3) is 0.917. The normalized spacial score (nSPS) is 18.2. The average molecular weight is 244 g/mol. The van der Waals surface area contributed by atoms with Crippen LogP contribution in [0.4, 0.5) is 0 Å². The predicted octanol–water partition coefficient (Wildman–Crippen LogP) is 0.409. The van der Waals surface area contributed by atoms with E-state index in [-0.39, 0.29) is 11.8 Å². The van der Waals surface area contributed by atoms with Crippen LogP contribution in [0.5, 0.6) is 0 Å². The lowest BCUT2D eigenvalue weighted by Crippen LogP contribution is -2.42. The van der Waals surface area contributed by atoms with Gasteiger partial charge in [-0.1, -0.05) is 13.8 Å². The van der Waals surface area contributed by atoms with Crippen molar-refractivity contribution in [3.8, 4) is 0 Å². The summed E-state index contributed by atoms with van der Waals surface area (Å²) in [5.74, 6) is -0.732. The fourth-order valence-electron chi connectivity index (χ4n) is 1.96. The number of carboxylic acids is 1. The van der Waals surface area contributed by atoms with Gasteiger partial charge in [-0.15, -0.1) is 0 Å². The van der Waals surface area contributed by atoms with Crippen molar-refractivity contribution in [2.24, 2.45) is 5.41 Å². The first-order chi connectivity index (χ1) is 7.99. The Labute approximate surface area is 103 Å². The Kier molecular flexibility index (Phi) is 5.88. The van der Waals surface area contributed by atoms with Crippen LogP contribution in [0, 0.1) is 5.41 Å². The highest BCUT2D eigenvalue weighted by atomic mass is 16.5. The van der Waals surface area contributed by atoms with Crippen molar-refractivity contribution in [1.29, 1.82) is 0 Å². The monoisotopic (exact) mass is 244 g/mol. The summed E-state index contributed by atoms with van der Waals surface area (Å²) in [4.78, 5) is 13.0. The van der Waals surface area contributed by atoms with Crippen LogP contribution in [-0.2, 0) is 9.53 Å². The molecule has 0 amide bonds. The number of ether oxygens (including phenoxy) is 1. The molecule has 0 aromatic carbocycles. The van der Waals surface area contributed by atoms with Crippen LogP contribution in [0.25, 0.3) is 0 Å². The zero-order valence-electron chi connectivity index (χ0n) is 10.9. The number of hydrogen-bond donors (Lipinski definition) is 2. The Bertz CT molecular complexity index is 238. The second-order valence-electron chi connectivity index (χ2n) is 5.37. The Morgan fingerprint density at radius 1 is 1.41 bits per heavy atom. The molecular formula is C12H24N2O3. The van der Waals surface area contributed by atoms with Gasteiger partial charge in [0.05, 0.1) is 19.6 Å². The van der Waals surface area contributed by atoms with Crippen molar-refractivity contribution in [2.45, 2.75) is 20.3 Å². The smallest absolute Gasteiger partial charge is 0.303 e. The zero-order chi connectivity index (χ0) is 12.7. The predicted molar refractivity (Wildman–Crippen MR) is 66.2 cm³/mol. The second-order valence-corrected chi connectivity index (χ2v) is 5.37. The number of carboxylic acid groups (broad SMARTS) is 1. The van der Waals surface area contributed by atoms with Crippen molar-refractivity contribution in [1.82, 2.24) is 10.2 Å².